The predicted molar refractivity (Wildman–Crippen MR) is 110 cm³/mol. The second-order valence-corrected chi connectivity index (χ2v) is 9.71. The van der Waals surface area contributed by atoms with Crippen molar-refractivity contribution in [1.82, 2.24) is 14.8 Å². The van der Waals surface area contributed by atoms with Gasteiger partial charge in [-0.25, -0.2) is 4.98 Å². The molecule has 0 bridgehead atoms. The molecule has 2 aliphatic heterocycles. The number of aromatic nitrogens is 1. The van der Waals surface area contributed by atoms with E-state index in [9.17, 15) is 14.4 Å². The fourth-order valence-corrected chi connectivity index (χ4v) is 6.26. The highest BCUT2D eigenvalue weighted by molar-refractivity contribution is 7.18. The maximum absolute atomic E-state index is 13.0. The number of likely N-dealkylation sites (tertiary alicyclic amines) is 2. The molecule has 3 fully saturated rings. The van der Waals surface area contributed by atoms with E-state index >= 15 is 0 Å². The molecule has 7 heteroatoms. The summed E-state index contributed by atoms with van der Waals surface area (Å²) in [6, 6.07) is 8.10. The van der Waals surface area contributed by atoms with Crippen LogP contribution in [0.5, 0.6) is 0 Å². The number of piperidine rings is 1. The minimum atomic E-state index is -0.511. The highest BCUT2D eigenvalue weighted by Crippen LogP contribution is 2.46. The average Bonchev–Trinajstić information content (AvgIpc) is 3.43. The lowest BCUT2D eigenvalue weighted by molar-refractivity contribution is -0.147. The number of nitrogens with zero attached hydrogens (tertiary/aromatic N) is 3. The Morgan fingerprint density at radius 2 is 1.97 bits per heavy atom. The molecule has 3 aliphatic rings. The van der Waals surface area contributed by atoms with Crippen molar-refractivity contribution in [3.05, 3.63) is 29.3 Å². The lowest BCUT2D eigenvalue weighted by Crippen LogP contribution is -2.46. The molecule has 6 nitrogen and oxygen atoms in total. The van der Waals surface area contributed by atoms with Crippen molar-refractivity contribution >= 4 is 39.3 Å². The maximum Gasteiger partial charge on any atom is 0.242 e. The molecule has 1 aliphatic carbocycles. The molecule has 3 amide bonds. The molecule has 1 atom stereocenters. The lowest BCUT2D eigenvalue weighted by atomic mass is 9.84. The molecule has 152 valence electrons. The summed E-state index contributed by atoms with van der Waals surface area (Å²) in [7, 11) is 0. The number of carbonyl (C=O) groups excluding carboxylic acids is 3. The third kappa shape index (κ3) is 3.25. The number of carbonyl (C=O) groups is 3. The second kappa shape index (κ2) is 7.20. The van der Waals surface area contributed by atoms with E-state index in [4.69, 9.17) is 4.98 Å². The molecule has 2 aromatic rings. The first-order chi connectivity index (χ1) is 14.1. The Hall–Kier alpha value is -2.28. The van der Waals surface area contributed by atoms with Crippen molar-refractivity contribution in [1.29, 1.82) is 0 Å². The minimum Gasteiger partial charge on any atom is -0.340 e. The molecule has 1 aromatic carbocycles. The number of para-hydroxylation sites is 1. The molecule has 0 N–H and O–H groups in total. The highest BCUT2D eigenvalue weighted by atomic mass is 32.1. The van der Waals surface area contributed by atoms with Gasteiger partial charge in [0.2, 0.25) is 17.7 Å². The number of imide groups is 1. The predicted octanol–water partition coefficient (Wildman–Crippen LogP) is 3.32. The quantitative estimate of drug-likeness (QED) is 0.727. The van der Waals surface area contributed by atoms with Crippen LogP contribution in [0.25, 0.3) is 10.2 Å². The van der Waals surface area contributed by atoms with Crippen LogP contribution in [0.1, 0.15) is 55.9 Å². The molecule has 2 saturated heterocycles. The van der Waals surface area contributed by atoms with E-state index in [0.29, 0.717) is 13.1 Å². The summed E-state index contributed by atoms with van der Waals surface area (Å²) in [5.74, 6) is -0.193. The molecule has 1 saturated carbocycles. The number of fused-ring (bicyclic) bond motifs is 1. The van der Waals surface area contributed by atoms with Gasteiger partial charge in [0.05, 0.1) is 20.6 Å². The van der Waals surface area contributed by atoms with Gasteiger partial charge in [0.25, 0.3) is 0 Å². The van der Waals surface area contributed by atoms with Gasteiger partial charge in [0.15, 0.2) is 0 Å². The van der Waals surface area contributed by atoms with E-state index in [2.05, 4.69) is 6.07 Å². The summed E-state index contributed by atoms with van der Waals surface area (Å²) in [5, 5.41) is 1.07. The summed E-state index contributed by atoms with van der Waals surface area (Å²) in [6.45, 7) is 1.19. The van der Waals surface area contributed by atoms with E-state index in [1.54, 1.807) is 11.3 Å². The van der Waals surface area contributed by atoms with Crippen molar-refractivity contribution in [2.45, 2.75) is 50.9 Å². The van der Waals surface area contributed by atoms with E-state index in [-0.39, 0.29) is 36.6 Å². The molecule has 5 rings (SSSR count). The number of hydrogen-bond donors (Lipinski definition) is 0. The maximum atomic E-state index is 13.0. The number of benzene rings is 1. The Balaban J connectivity index is 1.27. The fraction of sp³-hybridized carbons (Fsp3) is 0.545. The van der Waals surface area contributed by atoms with Gasteiger partial charge in [0, 0.05) is 25.4 Å². The van der Waals surface area contributed by atoms with Crippen LogP contribution in [-0.4, -0.2) is 52.1 Å². The monoisotopic (exact) mass is 411 g/mol. The van der Waals surface area contributed by atoms with Crippen LogP contribution in [0.4, 0.5) is 0 Å². The zero-order valence-corrected chi connectivity index (χ0v) is 17.2. The van der Waals surface area contributed by atoms with Gasteiger partial charge in [-0.3, -0.25) is 19.3 Å². The minimum absolute atomic E-state index is 0.105. The standard InChI is InChI=1S/C22H25N3O3S/c26-18-12-22(9-3-4-10-22)21(28)25(18)14-19(27)24-11-5-6-15(13-24)20-23-16-7-1-2-8-17(16)29-20/h1-2,7-8,15H,3-6,9-14H2/t15-/m0/s1. The van der Waals surface area contributed by atoms with Gasteiger partial charge < -0.3 is 4.90 Å². The lowest BCUT2D eigenvalue weighted by Gasteiger charge is -2.33. The van der Waals surface area contributed by atoms with E-state index in [0.717, 1.165) is 49.0 Å². The highest BCUT2D eigenvalue weighted by Gasteiger charge is 2.53. The smallest absolute Gasteiger partial charge is 0.242 e. The Labute approximate surface area is 173 Å². The van der Waals surface area contributed by atoms with Gasteiger partial charge >= 0.3 is 0 Å². The molecule has 1 spiro atoms. The first-order valence-corrected chi connectivity index (χ1v) is 11.4. The normalized spacial score (nSPS) is 24.2. The Morgan fingerprint density at radius 1 is 1.17 bits per heavy atom. The third-order valence-electron chi connectivity index (χ3n) is 6.78. The average molecular weight is 412 g/mol. The summed E-state index contributed by atoms with van der Waals surface area (Å²) < 4.78 is 1.17. The van der Waals surface area contributed by atoms with Crippen LogP contribution < -0.4 is 0 Å². The van der Waals surface area contributed by atoms with Crippen molar-refractivity contribution in [3.63, 3.8) is 0 Å². The number of hydrogen-bond acceptors (Lipinski definition) is 5. The summed E-state index contributed by atoms with van der Waals surface area (Å²) in [4.78, 5) is 46.1. The van der Waals surface area contributed by atoms with Crippen LogP contribution in [0, 0.1) is 5.41 Å². The van der Waals surface area contributed by atoms with E-state index in [1.807, 2.05) is 23.1 Å². The Morgan fingerprint density at radius 3 is 2.76 bits per heavy atom. The largest absolute Gasteiger partial charge is 0.340 e. The first kappa shape index (κ1) is 18.7. The van der Waals surface area contributed by atoms with Crippen LogP contribution in [0.3, 0.4) is 0 Å². The van der Waals surface area contributed by atoms with Crippen molar-refractivity contribution in [3.8, 4) is 0 Å². The summed E-state index contributed by atoms with van der Waals surface area (Å²) in [6.07, 6.45) is 5.77. The third-order valence-corrected chi connectivity index (χ3v) is 7.98. The number of amides is 3. The first-order valence-electron chi connectivity index (χ1n) is 10.5. The molecular weight excluding hydrogens is 386 g/mol. The molecule has 0 radical (unpaired) electrons. The topological polar surface area (TPSA) is 70.6 Å². The number of rotatable bonds is 3. The summed E-state index contributed by atoms with van der Waals surface area (Å²) >= 11 is 1.70. The van der Waals surface area contributed by atoms with Crippen LogP contribution in [0.15, 0.2) is 24.3 Å². The van der Waals surface area contributed by atoms with Crippen LogP contribution >= 0.6 is 11.3 Å². The van der Waals surface area contributed by atoms with Crippen molar-refractivity contribution in [2.75, 3.05) is 19.6 Å². The van der Waals surface area contributed by atoms with Crippen LogP contribution in [0.2, 0.25) is 0 Å². The zero-order chi connectivity index (χ0) is 20.0. The molecule has 3 heterocycles. The van der Waals surface area contributed by atoms with Crippen LogP contribution in [-0.2, 0) is 14.4 Å². The van der Waals surface area contributed by atoms with Gasteiger partial charge in [-0.05, 0) is 37.8 Å². The Kier molecular flexibility index (Phi) is 4.65. The summed E-state index contributed by atoms with van der Waals surface area (Å²) in [5.41, 5.74) is 0.495. The molecular formula is C22H25N3O3S. The molecule has 1 aromatic heterocycles. The molecule has 0 unspecified atom stereocenters. The second-order valence-electron chi connectivity index (χ2n) is 8.65. The van der Waals surface area contributed by atoms with Gasteiger partial charge in [-0.1, -0.05) is 25.0 Å². The van der Waals surface area contributed by atoms with Gasteiger partial charge in [0.1, 0.15) is 6.54 Å². The van der Waals surface area contributed by atoms with Crippen molar-refractivity contribution in [2.24, 2.45) is 5.41 Å². The van der Waals surface area contributed by atoms with E-state index in [1.165, 1.54) is 9.60 Å². The van der Waals surface area contributed by atoms with Gasteiger partial charge in [-0.2, -0.15) is 0 Å². The molecule has 29 heavy (non-hydrogen) atoms. The Bertz CT molecular complexity index is 946. The van der Waals surface area contributed by atoms with E-state index < -0.39 is 5.41 Å². The fourth-order valence-electron chi connectivity index (χ4n) is 5.17. The zero-order valence-electron chi connectivity index (χ0n) is 16.4. The SMILES string of the molecule is O=C(CN1C(=O)CC2(CCCC2)C1=O)N1CCC[C@H](c2nc3ccccc3s2)C1. The number of thiazole rings is 1. The van der Waals surface area contributed by atoms with Crippen molar-refractivity contribution < 1.29 is 14.4 Å². The van der Waals surface area contributed by atoms with Gasteiger partial charge in [-0.15, -0.1) is 11.3 Å².